The maximum atomic E-state index is 12.7. The van der Waals surface area contributed by atoms with Crippen LogP contribution in [0.3, 0.4) is 0 Å². The third-order valence-electron chi connectivity index (χ3n) is 5.44. The number of carboxylic acid groups (broad SMARTS) is 1. The highest BCUT2D eigenvalue weighted by atomic mass is 32.2. The minimum absolute atomic E-state index is 0.0417. The van der Waals surface area contributed by atoms with Gasteiger partial charge in [-0.2, -0.15) is 22.6 Å². The number of halogens is 3. The van der Waals surface area contributed by atoms with Gasteiger partial charge in [0.2, 0.25) is 10.0 Å². The minimum Gasteiger partial charge on any atom is -0.475 e. The van der Waals surface area contributed by atoms with E-state index in [9.17, 15) is 21.6 Å². The summed E-state index contributed by atoms with van der Waals surface area (Å²) < 4.78 is 66.7. The molecule has 9 nitrogen and oxygen atoms in total. The zero-order valence-electron chi connectivity index (χ0n) is 16.5. The first-order valence-corrected chi connectivity index (χ1v) is 11.1. The fourth-order valence-electron chi connectivity index (χ4n) is 3.71. The summed E-state index contributed by atoms with van der Waals surface area (Å²) in [6.07, 6.45) is -0.722. The van der Waals surface area contributed by atoms with Gasteiger partial charge in [-0.25, -0.2) is 13.2 Å². The second-order valence-corrected chi connectivity index (χ2v) is 9.77. The van der Waals surface area contributed by atoms with E-state index in [-0.39, 0.29) is 17.4 Å². The van der Waals surface area contributed by atoms with Gasteiger partial charge in [0.25, 0.3) is 0 Å². The molecule has 13 heteroatoms. The van der Waals surface area contributed by atoms with Crippen molar-refractivity contribution in [3.05, 3.63) is 18.0 Å². The van der Waals surface area contributed by atoms with Gasteiger partial charge in [-0.05, 0) is 25.3 Å². The van der Waals surface area contributed by atoms with E-state index in [1.165, 1.54) is 0 Å². The number of alkyl halides is 3. The van der Waals surface area contributed by atoms with Crippen molar-refractivity contribution < 1.29 is 36.2 Å². The molecule has 0 amide bonds. The Morgan fingerprint density at radius 3 is 2.50 bits per heavy atom. The van der Waals surface area contributed by atoms with Crippen LogP contribution in [0.4, 0.5) is 13.2 Å². The molecule has 1 saturated carbocycles. The molecule has 1 N–H and O–H groups in total. The summed E-state index contributed by atoms with van der Waals surface area (Å²) in [6, 6.07) is 1.97. The van der Waals surface area contributed by atoms with Crippen molar-refractivity contribution in [3.63, 3.8) is 0 Å². The van der Waals surface area contributed by atoms with Crippen molar-refractivity contribution in [2.45, 2.75) is 49.4 Å². The summed E-state index contributed by atoms with van der Waals surface area (Å²) in [7, 11) is -1.20. The number of hydrogen-bond donors (Lipinski definition) is 1. The Morgan fingerprint density at radius 2 is 1.97 bits per heavy atom. The molecule has 170 valence electrons. The van der Waals surface area contributed by atoms with Crippen LogP contribution in [0.1, 0.15) is 25.0 Å². The van der Waals surface area contributed by atoms with Crippen LogP contribution in [0.15, 0.2) is 12.3 Å². The van der Waals surface area contributed by atoms with Crippen LogP contribution >= 0.6 is 0 Å². The summed E-state index contributed by atoms with van der Waals surface area (Å²) in [4.78, 5) is 11.2. The van der Waals surface area contributed by atoms with Gasteiger partial charge in [0.15, 0.2) is 0 Å². The van der Waals surface area contributed by atoms with Gasteiger partial charge in [0.05, 0.1) is 29.7 Å². The topological polar surface area (TPSA) is 105 Å². The number of piperidine rings is 1. The molecule has 4 rings (SSSR count). The van der Waals surface area contributed by atoms with Gasteiger partial charge in [0, 0.05) is 39.4 Å². The van der Waals surface area contributed by atoms with E-state index in [1.807, 2.05) is 17.8 Å². The second kappa shape index (κ2) is 8.81. The lowest BCUT2D eigenvalue weighted by Gasteiger charge is -2.46. The molecule has 3 fully saturated rings. The smallest absolute Gasteiger partial charge is 0.475 e. The summed E-state index contributed by atoms with van der Waals surface area (Å²) in [5.74, 6) is -2.76. The average molecular weight is 454 g/mol. The molecule has 1 aliphatic carbocycles. The molecule has 0 radical (unpaired) electrons. The number of ether oxygens (including phenoxy) is 1. The monoisotopic (exact) mass is 454 g/mol. The second-order valence-electron chi connectivity index (χ2n) is 7.60. The number of carboxylic acids is 1. The number of aryl methyl sites for hydroxylation is 1. The minimum atomic E-state index is -5.08. The van der Waals surface area contributed by atoms with Crippen molar-refractivity contribution in [2.75, 3.05) is 26.2 Å². The van der Waals surface area contributed by atoms with Crippen molar-refractivity contribution >= 4 is 16.0 Å². The molecule has 2 atom stereocenters. The van der Waals surface area contributed by atoms with E-state index in [1.54, 1.807) is 10.5 Å². The molecule has 0 bridgehead atoms. The van der Waals surface area contributed by atoms with E-state index >= 15 is 0 Å². The fourth-order valence-corrected chi connectivity index (χ4v) is 5.73. The van der Waals surface area contributed by atoms with Gasteiger partial charge in [-0.3, -0.25) is 9.58 Å². The van der Waals surface area contributed by atoms with E-state index in [4.69, 9.17) is 14.6 Å². The van der Waals surface area contributed by atoms with Crippen LogP contribution in [-0.4, -0.2) is 88.3 Å². The number of rotatable bonds is 4. The number of aliphatic carboxylic acids is 1. The van der Waals surface area contributed by atoms with Gasteiger partial charge < -0.3 is 9.84 Å². The number of carbonyl (C=O) groups is 1. The first-order chi connectivity index (χ1) is 14.0. The van der Waals surface area contributed by atoms with E-state index in [0.29, 0.717) is 13.2 Å². The lowest BCUT2D eigenvalue weighted by molar-refractivity contribution is -0.192. The Labute approximate surface area is 172 Å². The van der Waals surface area contributed by atoms with Crippen LogP contribution < -0.4 is 0 Å². The molecule has 3 heterocycles. The molecular formula is C17H25F3N4O5S. The van der Waals surface area contributed by atoms with Crippen LogP contribution in [0.2, 0.25) is 0 Å². The summed E-state index contributed by atoms with van der Waals surface area (Å²) in [5.41, 5.74) is 1.15. The van der Waals surface area contributed by atoms with Gasteiger partial charge in [-0.15, -0.1) is 0 Å². The number of sulfonamides is 1. The Balaban J connectivity index is 0.000000318. The Hall–Kier alpha value is -1.70. The van der Waals surface area contributed by atoms with Crippen molar-refractivity contribution in [1.82, 2.24) is 19.0 Å². The Kier molecular flexibility index (Phi) is 6.75. The van der Waals surface area contributed by atoms with E-state index in [2.05, 4.69) is 10.00 Å². The fraction of sp³-hybridized carbons (Fsp3) is 0.765. The third-order valence-corrected chi connectivity index (χ3v) is 7.86. The molecule has 0 unspecified atom stereocenters. The molecular weight excluding hydrogens is 429 g/mol. The molecule has 0 aromatic carbocycles. The van der Waals surface area contributed by atoms with Crippen LogP contribution in [-0.2, 0) is 33.1 Å². The first-order valence-electron chi connectivity index (χ1n) is 9.61. The van der Waals surface area contributed by atoms with Gasteiger partial charge >= 0.3 is 12.1 Å². The van der Waals surface area contributed by atoms with E-state index in [0.717, 1.165) is 44.6 Å². The molecule has 1 aromatic heterocycles. The summed E-state index contributed by atoms with van der Waals surface area (Å²) in [5, 5.41) is 11.2. The quantitative estimate of drug-likeness (QED) is 0.718. The largest absolute Gasteiger partial charge is 0.490 e. The zero-order chi connectivity index (χ0) is 22.1. The van der Waals surface area contributed by atoms with Crippen LogP contribution in [0, 0.1) is 0 Å². The Bertz CT molecular complexity index is 856. The molecule has 2 aliphatic heterocycles. The predicted molar refractivity (Wildman–Crippen MR) is 99.0 cm³/mol. The number of fused-ring (bicyclic) bond motifs is 1. The number of hydrogen-bond acceptors (Lipinski definition) is 6. The number of likely N-dealkylation sites (tertiary alicyclic amines) is 1. The number of aromatic nitrogens is 2. The molecule has 0 spiro atoms. The molecule has 2 saturated heterocycles. The maximum absolute atomic E-state index is 12.7. The number of morpholine rings is 1. The lowest BCUT2D eigenvalue weighted by Crippen LogP contribution is -2.61. The first kappa shape index (κ1) is 23.0. The summed E-state index contributed by atoms with van der Waals surface area (Å²) >= 11 is 0. The molecule has 3 aliphatic rings. The van der Waals surface area contributed by atoms with Gasteiger partial charge in [0.1, 0.15) is 0 Å². The molecule has 1 aromatic rings. The lowest BCUT2D eigenvalue weighted by atomic mass is 10.0. The highest BCUT2D eigenvalue weighted by molar-refractivity contribution is 7.90. The van der Waals surface area contributed by atoms with Crippen molar-refractivity contribution in [2.24, 2.45) is 7.05 Å². The van der Waals surface area contributed by atoms with Crippen molar-refractivity contribution in [1.29, 1.82) is 0 Å². The highest BCUT2D eigenvalue weighted by Crippen LogP contribution is 2.35. The zero-order valence-corrected chi connectivity index (χ0v) is 17.3. The normalized spacial score (nSPS) is 25.9. The van der Waals surface area contributed by atoms with E-state index < -0.39 is 22.2 Å². The average Bonchev–Trinajstić information content (AvgIpc) is 3.46. The standard InChI is InChI=1S/C15H24N4O3S.C2HF3O2/c1-17-12(4-6-16-17)10-18-7-5-15-14(11-18)19(8-9-22-15)23(20,21)13-2-3-13;3-2(4,5)1(6)7/h4,6,13-15H,2-3,5,7-11H2,1H3;(H,6,7)/t14-,15-;/m0./s1. The summed E-state index contributed by atoms with van der Waals surface area (Å²) in [6.45, 7) is 3.50. The third kappa shape index (κ3) is 5.31. The maximum Gasteiger partial charge on any atom is 0.490 e. The highest BCUT2D eigenvalue weighted by Gasteiger charge is 2.48. The van der Waals surface area contributed by atoms with Crippen molar-refractivity contribution in [3.8, 4) is 0 Å². The van der Waals surface area contributed by atoms with Gasteiger partial charge in [-0.1, -0.05) is 0 Å². The Morgan fingerprint density at radius 1 is 1.30 bits per heavy atom. The predicted octanol–water partition coefficient (Wildman–Crippen LogP) is 0.821. The van der Waals surface area contributed by atoms with Crippen LogP contribution in [0.5, 0.6) is 0 Å². The van der Waals surface area contributed by atoms with Crippen LogP contribution in [0.25, 0.3) is 0 Å². The number of nitrogens with zero attached hydrogens (tertiary/aromatic N) is 4. The molecule has 30 heavy (non-hydrogen) atoms. The SMILES string of the molecule is Cn1nccc1CN1CC[C@@H]2OCCN(S(=O)(=O)C3CC3)[C@H]2C1.O=C(O)C(F)(F)F.